The van der Waals surface area contributed by atoms with Crippen molar-refractivity contribution < 1.29 is 4.79 Å². The monoisotopic (exact) mass is 302 g/mol. The summed E-state index contributed by atoms with van der Waals surface area (Å²) >= 11 is 3.30. The molecule has 0 bridgehead atoms. The molecule has 1 aromatic heterocycles. The van der Waals surface area contributed by atoms with Crippen molar-refractivity contribution in [1.29, 1.82) is 0 Å². The smallest absolute Gasteiger partial charge is 0.224 e. The van der Waals surface area contributed by atoms with E-state index in [0.717, 1.165) is 0 Å². The van der Waals surface area contributed by atoms with Gasteiger partial charge in [-0.25, -0.2) is 15.8 Å². The molecule has 0 unspecified atom stereocenters. The van der Waals surface area contributed by atoms with Crippen molar-refractivity contribution in [2.24, 2.45) is 17.0 Å². The van der Waals surface area contributed by atoms with E-state index < -0.39 is 5.41 Å². The summed E-state index contributed by atoms with van der Waals surface area (Å²) in [4.78, 5) is 19.1. The highest BCUT2D eigenvalue weighted by atomic mass is 79.9. The Morgan fingerprint density at radius 3 is 2.59 bits per heavy atom. The molecule has 1 rings (SSSR count). The zero-order chi connectivity index (χ0) is 13.1. The Kier molecular flexibility index (Phi) is 4.24. The summed E-state index contributed by atoms with van der Waals surface area (Å²) in [5.74, 6) is 5.90. The number of halogens is 1. The van der Waals surface area contributed by atoms with E-state index in [1.165, 1.54) is 6.33 Å². The van der Waals surface area contributed by atoms with Crippen molar-refractivity contribution in [3.8, 4) is 0 Å². The van der Waals surface area contributed by atoms with Crippen LogP contribution in [0.25, 0.3) is 0 Å². The number of primary amides is 1. The van der Waals surface area contributed by atoms with Gasteiger partial charge in [-0.15, -0.1) is 0 Å². The SMILES string of the molecule is CC(C)(CNc1ncnc(NN)c1Br)C(N)=O. The lowest BCUT2D eigenvalue weighted by atomic mass is 9.93. The minimum Gasteiger partial charge on any atom is -0.369 e. The maximum absolute atomic E-state index is 11.2. The summed E-state index contributed by atoms with van der Waals surface area (Å²) in [7, 11) is 0. The van der Waals surface area contributed by atoms with Crippen molar-refractivity contribution >= 4 is 33.5 Å². The van der Waals surface area contributed by atoms with E-state index in [-0.39, 0.29) is 5.91 Å². The van der Waals surface area contributed by atoms with Crippen LogP contribution in [0.5, 0.6) is 0 Å². The number of nitrogen functional groups attached to an aromatic ring is 1. The summed E-state index contributed by atoms with van der Waals surface area (Å²) in [6, 6.07) is 0. The lowest BCUT2D eigenvalue weighted by Gasteiger charge is -2.21. The second-order valence-electron chi connectivity index (χ2n) is 4.13. The van der Waals surface area contributed by atoms with Gasteiger partial charge in [0.2, 0.25) is 5.91 Å². The van der Waals surface area contributed by atoms with Gasteiger partial charge in [-0.3, -0.25) is 4.79 Å². The molecule has 1 aromatic rings. The molecule has 0 saturated carbocycles. The highest BCUT2D eigenvalue weighted by Gasteiger charge is 2.25. The second-order valence-corrected chi connectivity index (χ2v) is 4.92. The van der Waals surface area contributed by atoms with E-state index in [4.69, 9.17) is 11.6 Å². The van der Waals surface area contributed by atoms with Crippen molar-refractivity contribution in [3.05, 3.63) is 10.8 Å². The first-order valence-electron chi connectivity index (χ1n) is 4.89. The average molecular weight is 303 g/mol. The summed E-state index contributed by atoms with van der Waals surface area (Å²) in [5.41, 5.74) is 7.03. The number of carbonyl (C=O) groups is 1. The van der Waals surface area contributed by atoms with Crippen molar-refractivity contribution in [1.82, 2.24) is 9.97 Å². The number of hydrogen-bond acceptors (Lipinski definition) is 6. The molecule has 0 aliphatic rings. The van der Waals surface area contributed by atoms with Crippen LogP contribution in [-0.2, 0) is 4.79 Å². The van der Waals surface area contributed by atoms with Crippen LogP contribution in [0.15, 0.2) is 10.8 Å². The van der Waals surface area contributed by atoms with Crippen LogP contribution >= 0.6 is 15.9 Å². The largest absolute Gasteiger partial charge is 0.369 e. The van der Waals surface area contributed by atoms with Crippen molar-refractivity contribution in [3.63, 3.8) is 0 Å². The molecule has 6 N–H and O–H groups in total. The fourth-order valence-electron chi connectivity index (χ4n) is 0.986. The minimum atomic E-state index is -0.666. The highest BCUT2D eigenvalue weighted by Crippen LogP contribution is 2.26. The number of nitrogens with one attached hydrogen (secondary N) is 2. The van der Waals surface area contributed by atoms with Gasteiger partial charge in [0.05, 0.1) is 5.41 Å². The maximum Gasteiger partial charge on any atom is 0.224 e. The molecule has 0 spiro atoms. The second kappa shape index (κ2) is 5.28. The molecular formula is C9H15BrN6O. The third kappa shape index (κ3) is 3.27. The minimum absolute atomic E-state index is 0.363. The number of carbonyl (C=O) groups excluding carboxylic acids is 1. The molecule has 0 aromatic carbocycles. The third-order valence-electron chi connectivity index (χ3n) is 2.29. The quantitative estimate of drug-likeness (QED) is 0.463. The molecule has 7 nitrogen and oxygen atoms in total. The summed E-state index contributed by atoms with van der Waals surface area (Å²) in [6.07, 6.45) is 1.36. The van der Waals surface area contributed by atoms with Crippen LogP contribution in [0.4, 0.5) is 11.6 Å². The number of hydrogen-bond donors (Lipinski definition) is 4. The van der Waals surface area contributed by atoms with Crippen LogP contribution in [0.1, 0.15) is 13.8 Å². The number of nitrogens with zero attached hydrogens (tertiary/aromatic N) is 2. The Hall–Kier alpha value is -1.41. The fourth-order valence-corrected chi connectivity index (χ4v) is 1.44. The lowest BCUT2D eigenvalue weighted by molar-refractivity contribution is -0.125. The number of amides is 1. The van der Waals surface area contributed by atoms with Gasteiger partial charge in [0.1, 0.15) is 16.6 Å². The summed E-state index contributed by atoms with van der Waals surface area (Å²) in [6.45, 7) is 3.86. The van der Waals surface area contributed by atoms with E-state index in [9.17, 15) is 4.79 Å². The van der Waals surface area contributed by atoms with Gasteiger partial charge in [0, 0.05) is 6.54 Å². The van der Waals surface area contributed by atoms with Crippen LogP contribution in [0.2, 0.25) is 0 Å². The standard InChI is InChI=1S/C9H15BrN6O/c1-9(2,8(11)17)3-13-6-5(10)7(16-12)15-4-14-6/h4H,3,12H2,1-2H3,(H2,11,17)(H2,13,14,15,16). The molecule has 17 heavy (non-hydrogen) atoms. The molecule has 0 saturated heterocycles. The van der Waals surface area contributed by atoms with Gasteiger partial charge < -0.3 is 16.5 Å². The molecule has 0 radical (unpaired) electrons. The predicted molar refractivity (Wildman–Crippen MR) is 69.0 cm³/mol. The average Bonchev–Trinajstić information content (AvgIpc) is 2.27. The molecule has 94 valence electrons. The fraction of sp³-hybridized carbons (Fsp3) is 0.444. The van der Waals surface area contributed by atoms with Crippen LogP contribution < -0.4 is 22.3 Å². The Morgan fingerprint density at radius 1 is 1.47 bits per heavy atom. The first-order chi connectivity index (χ1) is 7.88. The van der Waals surface area contributed by atoms with E-state index in [0.29, 0.717) is 22.7 Å². The Bertz CT molecular complexity index is 422. The van der Waals surface area contributed by atoms with E-state index in [1.807, 2.05) is 0 Å². The van der Waals surface area contributed by atoms with Gasteiger partial charge in [-0.05, 0) is 29.8 Å². The van der Waals surface area contributed by atoms with Gasteiger partial charge in [0.15, 0.2) is 5.82 Å². The zero-order valence-electron chi connectivity index (χ0n) is 9.62. The summed E-state index contributed by atoms with van der Waals surface area (Å²) < 4.78 is 0.600. The van der Waals surface area contributed by atoms with Crippen LogP contribution in [0, 0.1) is 5.41 Å². The molecule has 0 aliphatic carbocycles. The van der Waals surface area contributed by atoms with Crippen LogP contribution in [0.3, 0.4) is 0 Å². The Morgan fingerprint density at radius 2 is 2.06 bits per heavy atom. The maximum atomic E-state index is 11.2. The van der Waals surface area contributed by atoms with E-state index in [1.54, 1.807) is 13.8 Å². The lowest BCUT2D eigenvalue weighted by Crippen LogP contribution is -2.37. The topological polar surface area (TPSA) is 119 Å². The number of hydrazine groups is 1. The molecule has 0 fully saturated rings. The zero-order valence-corrected chi connectivity index (χ0v) is 11.2. The number of rotatable bonds is 5. The number of nitrogens with two attached hydrogens (primary N) is 2. The van der Waals surface area contributed by atoms with Gasteiger partial charge in [-0.1, -0.05) is 0 Å². The normalized spacial score (nSPS) is 11.1. The molecule has 1 amide bonds. The number of aromatic nitrogens is 2. The number of anilines is 2. The first kappa shape index (κ1) is 13.7. The predicted octanol–water partition coefficient (Wildman–Crippen LogP) is 0.448. The van der Waals surface area contributed by atoms with E-state index >= 15 is 0 Å². The van der Waals surface area contributed by atoms with Gasteiger partial charge in [0.25, 0.3) is 0 Å². The van der Waals surface area contributed by atoms with Crippen molar-refractivity contribution in [2.45, 2.75) is 13.8 Å². The Balaban J connectivity index is 2.80. The van der Waals surface area contributed by atoms with Crippen molar-refractivity contribution in [2.75, 3.05) is 17.3 Å². The molecule has 8 heteroatoms. The third-order valence-corrected chi connectivity index (χ3v) is 3.04. The molecule has 1 heterocycles. The highest BCUT2D eigenvalue weighted by molar-refractivity contribution is 9.10. The first-order valence-corrected chi connectivity index (χ1v) is 5.68. The molecular weight excluding hydrogens is 288 g/mol. The van der Waals surface area contributed by atoms with E-state index in [2.05, 4.69) is 36.6 Å². The molecule has 0 atom stereocenters. The molecule has 0 aliphatic heterocycles. The van der Waals surface area contributed by atoms with Gasteiger partial charge in [-0.2, -0.15) is 0 Å². The van der Waals surface area contributed by atoms with Crippen LogP contribution in [-0.4, -0.2) is 22.4 Å². The van der Waals surface area contributed by atoms with Gasteiger partial charge >= 0.3 is 0 Å². The summed E-state index contributed by atoms with van der Waals surface area (Å²) in [5, 5.41) is 3.01. The Labute approximate surface area is 107 Å².